The first kappa shape index (κ1) is 14.2. The Hall–Kier alpha value is -1.25. The van der Waals surface area contributed by atoms with Gasteiger partial charge in [-0.25, -0.2) is 0 Å². The molecule has 0 aromatic heterocycles. The molecule has 19 heavy (non-hydrogen) atoms. The quantitative estimate of drug-likeness (QED) is 0.788. The maximum absolute atomic E-state index is 3.52. The number of thioether (sulfide) groups is 1. The van der Waals surface area contributed by atoms with Crippen LogP contribution in [0.3, 0.4) is 0 Å². The maximum Gasteiger partial charge on any atom is 0.0211 e. The predicted molar refractivity (Wildman–Crippen MR) is 84.6 cm³/mol. The van der Waals surface area contributed by atoms with Gasteiger partial charge in [-0.3, -0.25) is 0 Å². The van der Waals surface area contributed by atoms with E-state index in [1.54, 1.807) is 11.8 Å². The smallest absolute Gasteiger partial charge is 0.0211 e. The molecule has 0 aliphatic rings. The van der Waals surface area contributed by atoms with Gasteiger partial charge in [-0.1, -0.05) is 43.3 Å². The molecule has 0 aliphatic carbocycles. The van der Waals surface area contributed by atoms with E-state index in [0.717, 1.165) is 19.5 Å². The number of hydrogen-bond acceptors (Lipinski definition) is 2. The summed E-state index contributed by atoms with van der Waals surface area (Å²) in [5.41, 5.74) is 4.19. The van der Waals surface area contributed by atoms with E-state index < -0.39 is 0 Å². The average molecular weight is 271 g/mol. The second-order valence-electron chi connectivity index (χ2n) is 4.57. The molecule has 2 aromatic rings. The lowest BCUT2D eigenvalue weighted by Gasteiger charge is -2.09. The first-order chi connectivity index (χ1) is 9.33. The fraction of sp³-hybridized carbons (Fsp3) is 0.294. The lowest BCUT2D eigenvalue weighted by atomic mass is 10.1. The van der Waals surface area contributed by atoms with Gasteiger partial charge in [0.05, 0.1) is 0 Å². The van der Waals surface area contributed by atoms with E-state index in [9.17, 15) is 0 Å². The summed E-state index contributed by atoms with van der Waals surface area (Å²) in [7, 11) is 0. The molecule has 100 valence electrons. The van der Waals surface area contributed by atoms with Crippen LogP contribution >= 0.6 is 11.8 Å². The van der Waals surface area contributed by atoms with Gasteiger partial charge >= 0.3 is 0 Å². The van der Waals surface area contributed by atoms with Gasteiger partial charge in [0.25, 0.3) is 0 Å². The minimum Gasteiger partial charge on any atom is -0.309 e. The van der Waals surface area contributed by atoms with E-state index in [0.29, 0.717) is 0 Å². The van der Waals surface area contributed by atoms with E-state index >= 15 is 0 Å². The Morgan fingerprint density at radius 1 is 0.895 bits per heavy atom. The van der Waals surface area contributed by atoms with Crippen molar-refractivity contribution in [2.75, 3.05) is 6.26 Å². The Morgan fingerprint density at radius 2 is 1.58 bits per heavy atom. The third-order valence-electron chi connectivity index (χ3n) is 3.30. The number of nitrogens with one attached hydrogen (secondary N) is 1. The second kappa shape index (κ2) is 7.37. The molecule has 0 fully saturated rings. The van der Waals surface area contributed by atoms with Gasteiger partial charge in [0.1, 0.15) is 0 Å². The van der Waals surface area contributed by atoms with Crippen molar-refractivity contribution in [3.8, 4) is 0 Å². The molecule has 2 heteroatoms. The molecular weight excluding hydrogens is 250 g/mol. The third kappa shape index (κ3) is 4.12. The van der Waals surface area contributed by atoms with Crippen LogP contribution in [0.15, 0.2) is 53.4 Å². The van der Waals surface area contributed by atoms with Crippen LogP contribution in [-0.2, 0) is 19.5 Å². The Balaban J connectivity index is 1.88. The molecule has 1 N–H and O–H groups in total. The summed E-state index contributed by atoms with van der Waals surface area (Å²) in [5.74, 6) is 0. The van der Waals surface area contributed by atoms with E-state index in [2.05, 4.69) is 67.0 Å². The lowest BCUT2D eigenvalue weighted by Crippen LogP contribution is -2.13. The molecular formula is C17H21NS. The molecule has 2 rings (SSSR count). The number of hydrogen-bond donors (Lipinski definition) is 1. The molecule has 0 unspecified atom stereocenters. The van der Waals surface area contributed by atoms with E-state index in [-0.39, 0.29) is 0 Å². The molecule has 0 heterocycles. The van der Waals surface area contributed by atoms with Crippen LogP contribution in [-0.4, -0.2) is 6.26 Å². The van der Waals surface area contributed by atoms with Crippen molar-refractivity contribution in [3.05, 3.63) is 65.2 Å². The van der Waals surface area contributed by atoms with Gasteiger partial charge < -0.3 is 5.32 Å². The van der Waals surface area contributed by atoms with Gasteiger partial charge in [0.2, 0.25) is 0 Å². The van der Waals surface area contributed by atoms with Crippen LogP contribution < -0.4 is 5.32 Å². The summed E-state index contributed by atoms with van der Waals surface area (Å²) in [4.78, 5) is 1.32. The Morgan fingerprint density at radius 3 is 2.21 bits per heavy atom. The zero-order valence-electron chi connectivity index (χ0n) is 11.6. The summed E-state index contributed by atoms with van der Waals surface area (Å²) in [6, 6.07) is 17.4. The van der Waals surface area contributed by atoms with Crippen molar-refractivity contribution in [1.82, 2.24) is 5.32 Å². The fourth-order valence-electron chi connectivity index (χ4n) is 2.16. The summed E-state index contributed by atoms with van der Waals surface area (Å²) in [5, 5.41) is 3.52. The van der Waals surface area contributed by atoms with Crippen LogP contribution in [0.5, 0.6) is 0 Å². The van der Waals surface area contributed by atoms with Crippen LogP contribution in [0.4, 0.5) is 0 Å². The highest BCUT2D eigenvalue weighted by atomic mass is 32.2. The van der Waals surface area contributed by atoms with Crippen molar-refractivity contribution in [2.24, 2.45) is 0 Å². The summed E-state index contributed by atoms with van der Waals surface area (Å²) >= 11 is 1.78. The third-order valence-corrected chi connectivity index (χ3v) is 4.05. The molecule has 0 amide bonds. The predicted octanol–water partition coefficient (Wildman–Crippen LogP) is 4.26. The monoisotopic (exact) mass is 271 g/mol. The van der Waals surface area contributed by atoms with Crippen molar-refractivity contribution < 1.29 is 0 Å². The topological polar surface area (TPSA) is 12.0 Å². The Bertz CT molecular complexity index is 505. The van der Waals surface area contributed by atoms with Gasteiger partial charge in [0.15, 0.2) is 0 Å². The molecule has 0 saturated heterocycles. The molecule has 2 aromatic carbocycles. The summed E-state index contributed by atoms with van der Waals surface area (Å²) in [6.45, 7) is 4.07. The van der Waals surface area contributed by atoms with Gasteiger partial charge in [-0.2, -0.15) is 0 Å². The van der Waals surface area contributed by atoms with Crippen LogP contribution in [0, 0.1) is 0 Å². The second-order valence-corrected chi connectivity index (χ2v) is 5.45. The summed E-state index contributed by atoms with van der Waals surface area (Å²) in [6.07, 6.45) is 3.20. The first-order valence-corrected chi connectivity index (χ1v) is 7.96. The minimum atomic E-state index is 0.923. The molecule has 1 nitrogen and oxygen atoms in total. The van der Waals surface area contributed by atoms with Crippen molar-refractivity contribution in [1.29, 1.82) is 0 Å². The highest BCUT2D eigenvalue weighted by Crippen LogP contribution is 2.15. The van der Waals surface area contributed by atoms with E-state index in [1.165, 1.54) is 21.6 Å². The summed E-state index contributed by atoms with van der Waals surface area (Å²) < 4.78 is 0. The SMILES string of the molecule is CCc1ccccc1CNCc1ccc(SC)cc1. The fourth-order valence-corrected chi connectivity index (χ4v) is 2.57. The molecule has 0 radical (unpaired) electrons. The van der Waals surface area contributed by atoms with Crippen molar-refractivity contribution in [2.45, 2.75) is 31.3 Å². The van der Waals surface area contributed by atoms with Crippen molar-refractivity contribution >= 4 is 11.8 Å². The van der Waals surface area contributed by atoms with Gasteiger partial charge in [-0.05, 0) is 41.5 Å². The molecule has 0 atom stereocenters. The zero-order valence-corrected chi connectivity index (χ0v) is 12.5. The molecule has 0 saturated carbocycles. The van der Waals surface area contributed by atoms with Crippen LogP contribution in [0.2, 0.25) is 0 Å². The zero-order chi connectivity index (χ0) is 13.5. The highest BCUT2D eigenvalue weighted by molar-refractivity contribution is 7.98. The standard InChI is InChI=1S/C17H21NS/c1-3-15-6-4-5-7-16(15)13-18-12-14-8-10-17(19-2)11-9-14/h4-11,18H,3,12-13H2,1-2H3. The van der Waals surface area contributed by atoms with Gasteiger partial charge in [-0.15, -0.1) is 11.8 Å². The first-order valence-electron chi connectivity index (χ1n) is 6.74. The average Bonchev–Trinajstić information content (AvgIpc) is 2.48. The van der Waals surface area contributed by atoms with Gasteiger partial charge in [0, 0.05) is 18.0 Å². The number of rotatable bonds is 6. The largest absolute Gasteiger partial charge is 0.309 e. The van der Waals surface area contributed by atoms with Crippen molar-refractivity contribution in [3.63, 3.8) is 0 Å². The van der Waals surface area contributed by atoms with Crippen LogP contribution in [0.25, 0.3) is 0 Å². The number of benzene rings is 2. The highest BCUT2D eigenvalue weighted by Gasteiger charge is 1.99. The maximum atomic E-state index is 3.52. The molecule has 0 aliphatic heterocycles. The van der Waals surface area contributed by atoms with E-state index in [4.69, 9.17) is 0 Å². The minimum absolute atomic E-state index is 0.923. The Kier molecular flexibility index (Phi) is 5.49. The molecule has 0 bridgehead atoms. The molecule has 0 spiro atoms. The normalized spacial score (nSPS) is 10.6. The number of aryl methyl sites for hydroxylation is 1. The van der Waals surface area contributed by atoms with E-state index in [1.807, 2.05) is 0 Å². The lowest BCUT2D eigenvalue weighted by molar-refractivity contribution is 0.688. The van der Waals surface area contributed by atoms with Crippen LogP contribution in [0.1, 0.15) is 23.6 Å². The Labute approximate surface area is 120 Å².